The van der Waals surface area contributed by atoms with Gasteiger partial charge in [-0.1, -0.05) is 12.1 Å². The third-order valence-electron chi connectivity index (χ3n) is 4.08. The molecule has 128 valence electrons. The van der Waals surface area contributed by atoms with Gasteiger partial charge in [0.15, 0.2) is 0 Å². The normalized spacial score (nSPS) is 16.2. The van der Waals surface area contributed by atoms with E-state index in [1.165, 1.54) is 12.1 Å². The molecule has 2 N–H and O–H groups in total. The third-order valence-corrected chi connectivity index (χ3v) is 4.08. The number of nitro groups is 1. The Labute approximate surface area is 141 Å². The van der Waals surface area contributed by atoms with Crippen molar-refractivity contribution in [2.24, 2.45) is 5.41 Å². The lowest BCUT2D eigenvalue weighted by molar-refractivity contribution is -0.385. The number of halogens is 1. The number of para-hydroxylation sites is 1. The average Bonchev–Trinajstić information content (AvgIpc) is 2.54. The number of nitro benzene ring substituents is 1. The van der Waals surface area contributed by atoms with Crippen molar-refractivity contribution in [3.63, 3.8) is 0 Å². The zero-order chi connectivity index (χ0) is 16.0. The van der Waals surface area contributed by atoms with Crippen LogP contribution in [0.3, 0.4) is 0 Å². The topological polar surface area (TPSA) is 93.5 Å². The number of nitrogens with zero attached hydrogens (tertiary/aromatic N) is 1. The number of carbonyl (C=O) groups excluding carboxylic acids is 1. The van der Waals surface area contributed by atoms with Crippen LogP contribution in [0, 0.1) is 15.5 Å². The highest BCUT2D eigenvalue weighted by molar-refractivity contribution is 5.98. The lowest BCUT2D eigenvalue weighted by Gasteiger charge is -2.37. The van der Waals surface area contributed by atoms with Crippen LogP contribution in [-0.4, -0.2) is 44.2 Å². The fourth-order valence-corrected chi connectivity index (χ4v) is 2.82. The summed E-state index contributed by atoms with van der Waals surface area (Å²) in [6.07, 6.45) is 1.80. The van der Waals surface area contributed by atoms with Crippen LogP contribution < -0.4 is 10.6 Å². The SMILES string of the molecule is COCC1(CNC(=O)c2ccccc2[N+](=O)[O-])CCNCC1.Cl. The van der Waals surface area contributed by atoms with Crippen molar-refractivity contribution in [3.8, 4) is 0 Å². The van der Waals surface area contributed by atoms with E-state index >= 15 is 0 Å². The Hall–Kier alpha value is -1.70. The number of amides is 1. The zero-order valence-electron chi connectivity index (χ0n) is 13.0. The molecular weight excluding hydrogens is 322 g/mol. The second-order valence-electron chi connectivity index (χ2n) is 5.64. The monoisotopic (exact) mass is 343 g/mol. The number of hydrogen-bond donors (Lipinski definition) is 2. The summed E-state index contributed by atoms with van der Waals surface area (Å²) in [5.74, 6) is -0.415. The molecule has 1 heterocycles. The fourth-order valence-electron chi connectivity index (χ4n) is 2.82. The summed E-state index contributed by atoms with van der Waals surface area (Å²) in [6, 6.07) is 5.98. The number of nitrogens with one attached hydrogen (secondary N) is 2. The van der Waals surface area contributed by atoms with E-state index < -0.39 is 10.8 Å². The molecule has 0 aliphatic carbocycles. The summed E-state index contributed by atoms with van der Waals surface area (Å²) in [6.45, 7) is 2.77. The summed E-state index contributed by atoms with van der Waals surface area (Å²) < 4.78 is 5.30. The van der Waals surface area contributed by atoms with E-state index in [0.717, 1.165) is 25.9 Å². The Balaban J connectivity index is 0.00000264. The standard InChI is InChI=1S/C15H21N3O4.ClH/c1-22-11-15(6-8-16-9-7-15)10-17-14(19)12-4-2-3-5-13(12)18(20)21;/h2-5,16H,6-11H2,1H3,(H,17,19);1H. The first-order valence-corrected chi connectivity index (χ1v) is 7.29. The Bertz CT molecular complexity index is 542. The van der Waals surface area contributed by atoms with Crippen molar-refractivity contribution in [2.45, 2.75) is 12.8 Å². The van der Waals surface area contributed by atoms with Crippen molar-refractivity contribution in [1.82, 2.24) is 10.6 Å². The van der Waals surface area contributed by atoms with Gasteiger partial charge in [-0.3, -0.25) is 14.9 Å². The minimum atomic E-state index is -0.537. The molecule has 0 atom stereocenters. The van der Waals surface area contributed by atoms with Crippen molar-refractivity contribution in [2.75, 3.05) is 33.4 Å². The molecule has 23 heavy (non-hydrogen) atoms. The smallest absolute Gasteiger partial charge is 0.282 e. The highest BCUT2D eigenvalue weighted by atomic mass is 35.5. The largest absolute Gasteiger partial charge is 0.384 e. The molecule has 1 aromatic rings. The maximum absolute atomic E-state index is 12.3. The summed E-state index contributed by atoms with van der Waals surface area (Å²) >= 11 is 0. The summed E-state index contributed by atoms with van der Waals surface area (Å²) in [5, 5.41) is 17.1. The number of methoxy groups -OCH3 is 1. The first-order chi connectivity index (χ1) is 10.6. The lowest BCUT2D eigenvalue weighted by Crippen LogP contribution is -2.47. The number of hydrogen-bond acceptors (Lipinski definition) is 5. The minimum Gasteiger partial charge on any atom is -0.384 e. The van der Waals surface area contributed by atoms with Gasteiger partial charge in [0.25, 0.3) is 11.6 Å². The van der Waals surface area contributed by atoms with E-state index in [-0.39, 0.29) is 29.1 Å². The van der Waals surface area contributed by atoms with Crippen LogP contribution in [0.1, 0.15) is 23.2 Å². The van der Waals surface area contributed by atoms with E-state index in [2.05, 4.69) is 10.6 Å². The molecule has 0 bridgehead atoms. The first-order valence-electron chi connectivity index (χ1n) is 7.29. The quantitative estimate of drug-likeness (QED) is 0.606. The number of ether oxygens (including phenoxy) is 1. The second kappa shape index (κ2) is 8.81. The minimum absolute atomic E-state index is 0. The first kappa shape index (κ1) is 19.3. The van der Waals surface area contributed by atoms with Crippen molar-refractivity contribution >= 4 is 24.0 Å². The Kier molecular flexibility index (Phi) is 7.41. The van der Waals surface area contributed by atoms with E-state index in [9.17, 15) is 14.9 Å². The van der Waals surface area contributed by atoms with Gasteiger partial charge in [-0.05, 0) is 32.0 Å². The van der Waals surface area contributed by atoms with Gasteiger partial charge >= 0.3 is 0 Å². The molecule has 1 fully saturated rings. The zero-order valence-corrected chi connectivity index (χ0v) is 13.9. The molecule has 1 aliphatic heterocycles. The van der Waals surface area contributed by atoms with Crippen LogP contribution in [0.5, 0.6) is 0 Å². The lowest BCUT2D eigenvalue weighted by atomic mass is 9.79. The van der Waals surface area contributed by atoms with Crippen molar-refractivity contribution < 1.29 is 14.5 Å². The molecule has 0 saturated carbocycles. The maximum Gasteiger partial charge on any atom is 0.282 e. The number of rotatable bonds is 6. The van der Waals surface area contributed by atoms with Gasteiger partial charge in [-0.25, -0.2) is 0 Å². The molecular formula is C15H22ClN3O4. The van der Waals surface area contributed by atoms with Crippen LogP contribution in [0.2, 0.25) is 0 Å². The third kappa shape index (κ3) is 4.89. The van der Waals surface area contributed by atoms with Gasteiger partial charge in [-0.2, -0.15) is 0 Å². The molecule has 1 aromatic carbocycles. The Morgan fingerprint density at radius 2 is 2.04 bits per heavy atom. The molecule has 0 radical (unpaired) electrons. The van der Waals surface area contributed by atoms with E-state index in [1.807, 2.05) is 0 Å². The molecule has 7 nitrogen and oxygen atoms in total. The van der Waals surface area contributed by atoms with E-state index in [0.29, 0.717) is 13.2 Å². The van der Waals surface area contributed by atoms with Gasteiger partial charge in [0, 0.05) is 25.1 Å². The van der Waals surface area contributed by atoms with Crippen molar-refractivity contribution in [1.29, 1.82) is 0 Å². The van der Waals surface area contributed by atoms with Gasteiger partial charge in [0.05, 0.1) is 11.5 Å². The van der Waals surface area contributed by atoms with Crippen LogP contribution in [-0.2, 0) is 4.74 Å². The molecule has 1 amide bonds. The number of piperidine rings is 1. The fraction of sp³-hybridized carbons (Fsp3) is 0.533. The molecule has 1 saturated heterocycles. The van der Waals surface area contributed by atoms with Gasteiger partial charge in [0.2, 0.25) is 0 Å². The average molecular weight is 344 g/mol. The summed E-state index contributed by atoms with van der Waals surface area (Å²) in [5.41, 5.74) is -0.195. The molecule has 0 aromatic heterocycles. The highest BCUT2D eigenvalue weighted by Gasteiger charge is 2.33. The Morgan fingerprint density at radius 1 is 1.39 bits per heavy atom. The summed E-state index contributed by atoms with van der Waals surface area (Å²) in [7, 11) is 1.65. The second-order valence-corrected chi connectivity index (χ2v) is 5.64. The van der Waals surface area contributed by atoms with E-state index in [1.54, 1.807) is 19.2 Å². The van der Waals surface area contributed by atoms with Gasteiger partial charge in [0.1, 0.15) is 5.56 Å². The number of benzene rings is 1. The van der Waals surface area contributed by atoms with Gasteiger partial charge in [-0.15, -0.1) is 12.4 Å². The molecule has 1 aliphatic rings. The molecule has 0 spiro atoms. The van der Waals surface area contributed by atoms with Crippen LogP contribution in [0.15, 0.2) is 24.3 Å². The summed E-state index contributed by atoms with van der Waals surface area (Å²) in [4.78, 5) is 22.7. The van der Waals surface area contributed by atoms with Crippen LogP contribution >= 0.6 is 12.4 Å². The molecule has 8 heteroatoms. The Morgan fingerprint density at radius 3 is 2.65 bits per heavy atom. The predicted molar refractivity (Wildman–Crippen MR) is 89.1 cm³/mol. The molecule has 0 unspecified atom stereocenters. The van der Waals surface area contributed by atoms with Crippen LogP contribution in [0.25, 0.3) is 0 Å². The molecule has 2 rings (SSSR count). The van der Waals surface area contributed by atoms with Crippen LogP contribution in [0.4, 0.5) is 5.69 Å². The predicted octanol–water partition coefficient (Wildman–Crippen LogP) is 1.76. The number of carbonyl (C=O) groups is 1. The van der Waals surface area contributed by atoms with Crippen molar-refractivity contribution in [3.05, 3.63) is 39.9 Å². The van der Waals surface area contributed by atoms with E-state index in [4.69, 9.17) is 4.74 Å². The highest BCUT2D eigenvalue weighted by Crippen LogP contribution is 2.28. The van der Waals surface area contributed by atoms with Gasteiger partial charge < -0.3 is 15.4 Å². The maximum atomic E-state index is 12.3.